The van der Waals surface area contributed by atoms with Gasteiger partial charge in [0.2, 0.25) is 0 Å². The highest BCUT2D eigenvalue weighted by atomic mass is 19.4. The average Bonchev–Trinajstić information content (AvgIpc) is 3.44. The second-order valence-corrected chi connectivity index (χ2v) is 7.64. The van der Waals surface area contributed by atoms with Gasteiger partial charge in [-0.05, 0) is 48.6 Å². The highest BCUT2D eigenvalue weighted by Crippen LogP contribution is 2.43. The van der Waals surface area contributed by atoms with Crippen molar-refractivity contribution in [2.75, 3.05) is 18.0 Å². The zero-order chi connectivity index (χ0) is 22.0. The van der Waals surface area contributed by atoms with Crippen LogP contribution in [0.5, 0.6) is 0 Å². The topological polar surface area (TPSA) is 90.7 Å². The molecule has 7 nitrogen and oxygen atoms in total. The molecule has 10 heteroatoms. The van der Waals surface area contributed by atoms with Crippen LogP contribution >= 0.6 is 0 Å². The average molecular weight is 430 g/mol. The molecule has 162 valence electrons. The van der Waals surface area contributed by atoms with E-state index in [-0.39, 0.29) is 29.3 Å². The van der Waals surface area contributed by atoms with Crippen LogP contribution in [0, 0.1) is 23.2 Å². The second-order valence-electron chi connectivity index (χ2n) is 7.64. The molecule has 1 saturated heterocycles. The van der Waals surface area contributed by atoms with Crippen LogP contribution in [0.4, 0.5) is 19.0 Å². The molecule has 0 saturated carbocycles. The summed E-state index contributed by atoms with van der Waals surface area (Å²) in [6.45, 7) is 3.37. The fourth-order valence-electron chi connectivity index (χ4n) is 3.93. The molecule has 2 aromatic rings. The molecule has 0 bridgehead atoms. The number of aromatic amines is 1. The van der Waals surface area contributed by atoms with E-state index in [2.05, 4.69) is 25.3 Å². The minimum Gasteiger partial charge on any atom is -0.488 e. The SMILES string of the molecule is CC1C(c2nn[nH]c2C#N)=CC(OCc2cccc(N3CCCC3)n2)=CC1C(F)(F)F. The summed E-state index contributed by atoms with van der Waals surface area (Å²) in [7, 11) is 0. The number of hydrogen-bond donors (Lipinski definition) is 1. The molecule has 4 rings (SSSR count). The summed E-state index contributed by atoms with van der Waals surface area (Å²) in [5.74, 6) is -1.80. The quantitative estimate of drug-likeness (QED) is 0.772. The first-order valence-corrected chi connectivity index (χ1v) is 10.0. The lowest BCUT2D eigenvalue weighted by atomic mass is 9.80. The van der Waals surface area contributed by atoms with Gasteiger partial charge in [-0.25, -0.2) is 10.1 Å². The first-order valence-electron chi connectivity index (χ1n) is 10.0. The van der Waals surface area contributed by atoms with Crippen LogP contribution in [0.1, 0.15) is 36.8 Å². The number of nitriles is 1. The lowest BCUT2D eigenvalue weighted by Crippen LogP contribution is -2.30. The normalized spacial score (nSPS) is 21.5. The van der Waals surface area contributed by atoms with E-state index >= 15 is 0 Å². The lowest BCUT2D eigenvalue weighted by molar-refractivity contribution is -0.168. The molecule has 3 heterocycles. The Labute approximate surface area is 177 Å². The van der Waals surface area contributed by atoms with Crippen molar-refractivity contribution in [1.29, 1.82) is 5.26 Å². The molecule has 1 N–H and O–H groups in total. The summed E-state index contributed by atoms with van der Waals surface area (Å²) in [5.41, 5.74) is 0.998. The van der Waals surface area contributed by atoms with E-state index in [1.165, 1.54) is 13.0 Å². The van der Waals surface area contributed by atoms with Gasteiger partial charge in [-0.1, -0.05) is 18.2 Å². The molecule has 2 atom stereocenters. The molecule has 2 aromatic heterocycles. The Morgan fingerprint density at radius 2 is 2.06 bits per heavy atom. The number of anilines is 1. The molecular formula is C21H21F3N6O. The first kappa shape index (κ1) is 20.9. The van der Waals surface area contributed by atoms with Gasteiger partial charge in [0.15, 0.2) is 5.69 Å². The number of nitrogens with zero attached hydrogens (tertiary/aromatic N) is 5. The van der Waals surface area contributed by atoms with Crippen LogP contribution in [-0.2, 0) is 11.3 Å². The Kier molecular flexibility index (Phi) is 5.67. The molecule has 0 aromatic carbocycles. The van der Waals surface area contributed by atoms with E-state index in [0.29, 0.717) is 5.69 Å². The summed E-state index contributed by atoms with van der Waals surface area (Å²) in [4.78, 5) is 6.76. The number of aromatic nitrogens is 4. The highest BCUT2D eigenvalue weighted by molar-refractivity contribution is 5.71. The number of rotatable bonds is 5. The minimum atomic E-state index is -4.47. The molecule has 1 aliphatic carbocycles. The highest BCUT2D eigenvalue weighted by Gasteiger charge is 2.45. The van der Waals surface area contributed by atoms with Crippen molar-refractivity contribution in [2.45, 2.75) is 32.5 Å². The van der Waals surface area contributed by atoms with Gasteiger partial charge < -0.3 is 9.64 Å². The second kappa shape index (κ2) is 8.41. The van der Waals surface area contributed by atoms with E-state index in [0.717, 1.165) is 37.8 Å². The van der Waals surface area contributed by atoms with Crippen molar-refractivity contribution in [3.05, 3.63) is 53.2 Å². The Balaban J connectivity index is 1.58. The Morgan fingerprint density at radius 3 is 2.77 bits per heavy atom. The van der Waals surface area contributed by atoms with E-state index in [4.69, 9.17) is 4.74 Å². The fraction of sp³-hybridized carbons (Fsp3) is 0.429. The molecule has 0 spiro atoms. The largest absolute Gasteiger partial charge is 0.488 e. The Morgan fingerprint density at radius 1 is 1.29 bits per heavy atom. The van der Waals surface area contributed by atoms with Crippen LogP contribution in [0.2, 0.25) is 0 Å². The third-order valence-corrected chi connectivity index (χ3v) is 5.59. The molecule has 0 amide bonds. The van der Waals surface area contributed by atoms with Crippen molar-refractivity contribution in [3.63, 3.8) is 0 Å². The van der Waals surface area contributed by atoms with Crippen molar-refractivity contribution in [3.8, 4) is 6.07 Å². The van der Waals surface area contributed by atoms with Gasteiger partial charge in [0.1, 0.15) is 29.9 Å². The number of hydrogen-bond acceptors (Lipinski definition) is 6. The zero-order valence-corrected chi connectivity index (χ0v) is 16.9. The monoisotopic (exact) mass is 430 g/mol. The van der Waals surface area contributed by atoms with Crippen LogP contribution in [0.15, 0.2) is 36.1 Å². The number of alkyl halides is 3. The van der Waals surface area contributed by atoms with Crippen LogP contribution in [0.3, 0.4) is 0 Å². The predicted octanol–water partition coefficient (Wildman–Crippen LogP) is 3.98. The Hall–Kier alpha value is -3.35. The molecule has 1 fully saturated rings. The molecule has 31 heavy (non-hydrogen) atoms. The molecule has 2 aliphatic rings. The van der Waals surface area contributed by atoms with E-state index in [1.807, 2.05) is 18.2 Å². The number of halogens is 3. The third kappa shape index (κ3) is 4.40. The van der Waals surface area contributed by atoms with Gasteiger partial charge in [-0.15, -0.1) is 5.10 Å². The number of H-pyrrole nitrogens is 1. The fourth-order valence-corrected chi connectivity index (χ4v) is 3.93. The molecule has 0 radical (unpaired) electrons. The van der Waals surface area contributed by atoms with Gasteiger partial charge >= 0.3 is 6.18 Å². The van der Waals surface area contributed by atoms with E-state index < -0.39 is 18.0 Å². The number of nitrogens with one attached hydrogen (secondary N) is 1. The van der Waals surface area contributed by atoms with Crippen LogP contribution in [-0.4, -0.2) is 39.7 Å². The predicted molar refractivity (Wildman–Crippen MR) is 106 cm³/mol. The smallest absolute Gasteiger partial charge is 0.395 e. The van der Waals surface area contributed by atoms with Crippen molar-refractivity contribution in [2.24, 2.45) is 11.8 Å². The van der Waals surface area contributed by atoms with Gasteiger partial charge in [0, 0.05) is 13.1 Å². The number of ether oxygens (including phenoxy) is 1. The molecule has 1 aliphatic heterocycles. The van der Waals surface area contributed by atoms with Gasteiger partial charge in [0.05, 0.1) is 11.6 Å². The van der Waals surface area contributed by atoms with E-state index in [9.17, 15) is 18.4 Å². The Bertz CT molecular complexity index is 1050. The standard InChI is InChI=1S/C21H21F3N6O/c1-13-16(20-18(11-25)27-29-28-20)9-15(10-17(13)21(22,23)24)31-12-14-5-4-6-19(26-14)30-7-2-3-8-30/h4-6,9-10,13,17H,2-3,7-8,12H2,1H3,(H,27,28,29). The molecule has 2 unspecified atom stereocenters. The zero-order valence-electron chi connectivity index (χ0n) is 16.9. The third-order valence-electron chi connectivity index (χ3n) is 5.59. The summed E-state index contributed by atoms with van der Waals surface area (Å²) >= 11 is 0. The van der Waals surface area contributed by atoms with Crippen molar-refractivity contribution in [1.82, 2.24) is 20.4 Å². The van der Waals surface area contributed by atoms with Crippen molar-refractivity contribution < 1.29 is 17.9 Å². The van der Waals surface area contributed by atoms with Crippen LogP contribution in [0.25, 0.3) is 5.57 Å². The summed E-state index contributed by atoms with van der Waals surface area (Å²) in [6.07, 6.45) is 0.331. The number of pyridine rings is 1. The lowest BCUT2D eigenvalue weighted by Gasteiger charge is -2.29. The number of allylic oxidation sites excluding steroid dienone is 3. The van der Waals surface area contributed by atoms with Crippen molar-refractivity contribution >= 4 is 11.4 Å². The van der Waals surface area contributed by atoms with Gasteiger partial charge in [0.25, 0.3) is 0 Å². The summed E-state index contributed by atoms with van der Waals surface area (Å²) in [6, 6.07) is 7.44. The summed E-state index contributed by atoms with van der Waals surface area (Å²) < 4.78 is 46.8. The van der Waals surface area contributed by atoms with Gasteiger partial charge in [-0.3, -0.25) is 0 Å². The van der Waals surface area contributed by atoms with Crippen LogP contribution < -0.4 is 4.90 Å². The summed E-state index contributed by atoms with van der Waals surface area (Å²) in [5, 5.41) is 19.0. The first-order chi connectivity index (χ1) is 14.9. The van der Waals surface area contributed by atoms with E-state index in [1.54, 1.807) is 6.07 Å². The molecular weight excluding hydrogens is 409 g/mol. The maximum absolute atomic E-state index is 13.7. The van der Waals surface area contributed by atoms with Gasteiger partial charge in [-0.2, -0.15) is 18.4 Å². The maximum atomic E-state index is 13.7. The maximum Gasteiger partial charge on any atom is 0.395 e. The minimum absolute atomic E-state index is 0.0141.